The van der Waals surface area contributed by atoms with Crippen LogP contribution >= 0.6 is 12.6 Å². The Balaban J connectivity index is 3.48. The zero-order valence-electron chi connectivity index (χ0n) is 12.7. The van der Waals surface area contributed by atoms with Crippen LogP contribution in [0.15, 0.2) is 15.8 Å². The van der Waals surface area contributed by atoms with Crippen molar-refractivity contribution >= 4 is 18.3 Å². The molecule has 118 valence electrons. The second kappa shape index (κ2) is 6.46. The van der Waals surface area contributed by atoms with E-state index in [2.05, 4.69) is 12.6 Å². The van der Waals surface area contributed by atoms with Gasteiger partial charge in [-0.25, -0.2) is 4.79 Å². The summed E-state index contributed by atoms with van der Waals surface area (Å²) in [6, 6.07) is 0. The van der Waals surface area contributed by atoms with Gasteiger partial charge in [0.15, 0.2) is 0 Å². The molecule has 1 aromatic heterocycles. The summed E-state index contributed by atoms with van der Waals surface area (Å²) < 4.78 is 2.13. The first-order chi connectivity index (χ1) is 9.63. The van der Waals surface area contributed by atoms with Crippen LogP contribution in [0.4, 0.5) is 5.69 Å². The average Bonchev–Trinajstić information content (AvgIpc) is 2.37. The first kappa shape index (κ1) is 17.5. The molecule has 0 saturated carbocycles. The van der Waals surface area contributed by atoms with Crippen LogP contribution in [-0.4, -0.2) is 19.8 Å². The Morgan fingerprint density at radius 2 is 1.95 bits per heavy atom. The molecule has 8 heteroatoms. The fourth-order valence-corrected chi connectivity index (χ4v) is 2.64. The summed E-state index contributed by atoms with van der Waals surface area (Å²) in [6.07, 6.45) is 1.01. The van der Waals surface area contributed by atoms with Gasteiger partial charge in [0.1, 0.15) is 0 Å². The van der Waals surface area contributed by atoms with Crippen LogP contribution in [0.1, 0.15) is 27.7 Å². The Morgan fingerprint density at radius 1 is 1.38 bits per heavy atom. The summed E-state index contributed by atoms with van der Waals surface area (Å²) in [6.45, 7) is 8.02. The lowest BCUT2D eigenvalue weighted by Crippen LogP contribution is -2.43. The molecule has 1 unspecified atom stereocenters. The number of hydrogen-bond acceptors (Lipinski definition) is 5. The highest BCUT2D eigenvalue weighted by Gasteiger charge is 2.27. The molecule has 0 saturated heterocycles. The predicted octanol–water partition coefficient (Wildman–Crippen LogP) is 1.53. The molecule has 1 rings (SSSR count). The van der Waals surface area contributed by atoms with Crippen molar-refractivity contribution in [2.45, 2.75) is 40.8 Å². The number of hydrogen-bond donors (Lipinski definition) is 1. The van der Waals surface area contributed by atoms with E-state index < -0.39 is 21.9 Å². The van der Waals surface area contributed by atoms with Crippen molar-refractivity contribution < 1.29 is 4.92 Å². The van der Waals surface area contributed by atoms with Crippen LogP contribution in [0, 0.1) is 21.4 Å². The van der Waals surface area contributed by atoms with E-state index in [9.17, 15) is 19.7 Å². The van der Waals surface area contributed by atoms with Crippen LogP contribution in [-0.2, 0) is 13.1 Å². The van der Waals surface area contributed by atoms with Gasteiger partial charge in [-0.3, -0.25) is 24.0 Å². The van der Waals surface area contributed by atoms with Gasteiger partial charge in [0.2, 0.25) is 0 Å². The molecule has 0 radical (unpaired) electrons. The lowest BCUT2D eigenvalue weighted by molar-refractivity contribution is -0.387. The zero-order chi connectivity index (χ0) is 16.4. The minimum atomic E-state index is -0.856. The summed E-state index contributed by atoms with van der Waals surface area (Å²) in [4.78, 5) is 34.6. The third-order valence-corrected chi connectivity index (χ3v) is 4.05. The predicted molar refractivity (Wildman–Crippen MR) is 84.1 cm³/mol. The Labute approximate surface area is 128 Å². The molecule has 0 N–H and O–H groups in total. The topological polar surface area (TPSA) is 87.1 Å². The van der Waals surface area contributed by atoms with Crippen LogP contribution in [0.3, 0.4) is 0 Å². The third kappa shape index (κ3) is 3.75. The van der Waals surface area contributed by atoms with Gasteiger partial charge in [-0.15, -0.1) is 0 Å². The molecule has 1 aromatic rings. The van der Waals surface area contributed by atoms with E-state index in [1.54, 1.807) is 6.92 Å². The van der Waals surface area contributed by atoms with E-state index in [0.717, 1.165) is 10.8 Å². The first-order valence-corrected chi connectivity index (χ1v) is 7.36. The fourth-order valence-electron chi connectivity index (χ4n) is 1.98. The molecule has 0 amide bonds. The molecule has 7 nitrogen and oxygen atoms in total. The van der Waals surface area contributed by atoms with Crippen molar-refractivity contribution in [3.8, 4) is 0 Å². The van der Waals surface area contributed by atoms with Crippen molar-refractivity contribution in [3.05, 3.63) is 37.1 Å². The average molecular weight is 315 g/mol. The highest BCUT2D eigenvalue weighted by Crippen LogP contribution is 2.27. The molecule has 0 fully saturated rings. The summed E-state index contributed by atoms with van der Waals surface area (Å²) in [5.74, 6) is 0.419. The van der Waals surface area contributed by atoms with Gasteiger partial charge in [0.05, 0.1) is 11.1 Å². The molecule has 21 heavy (non-hydrogen) atoms. The van der Waals surface area contributed by atoms with Gasteiger partial charge in [-0.1, -0.05) is 20.8 Å². The molecule has 0 spiro atoms. The minimum Gasteiger partial charge on any atom is -0.294 e. The first-order valence-electron chi connectivity index (χ1n) is 6.73. The van der Waals surface area contributed by atoms with E-state index in [1.165, 1.54) is 4.57 Å². The van der Waals surface area contributed by atoms with Crippen molar-refractivity contribution in [2.75, 3.05) is 5.75 Å². The Bertz CT molecular complexity index is 642. The van der Waals surface area contributed by atoms with E-state index in [1.807, 2.05) is 20.8 Å². The second-order valence-electron chi connectivity index (χ2n) is 6.00. The smallest absolute Gasteiger partial charge is 0.294 e. The molecule has 1 atom stereocenters. The Kier molecular flexibility index (Phi) is 5.38. The van der Waals surface area contributed by atoms with E-state index >= 15 is 0 Å². The zero-order valence-corrected chi connectivity index (χ0v) is 13.6. The molecular weight excluding hydrogens is 294 g/mol. The van der Waals surface area contributed by atoms with Gasteiger partial charge in [-0.05, 0) is 24.0 Å². The molecule has 1 heterocycles. The maximum Gasteiger partial charge on any atom is 0.350 e. The number of nitro groups is 1. The molecule has 0 aliphatic heterocycles. The van der Waals surface area contributed by atoms with E-state index in [-0.39, 0.29) is 24.4 Å². The van der Waals surface area contributed by atoms with E-state index in [0.29, 0.717) is 5.75 Å². The van der Waals surface area contributed by atoms with Gasteiger partial charge < -0.3 is 0 Å². The van der Waals surface area contributed by atoms with E-state index in [4.69, 9.17) is 0 Å². The lowest BCUT2D eigenvalue weighted by Gasteiger charge is -2.29. The summed E-state index contributed by atoms with van der Waals surface area (Å²) >= 11 is 4.26. The lowest BCUT2D eigenvalue weighted by atomic mass is 9.82. The highest BCUT2D eigenvalue weighted by molar-refractivity contribution is 7.80. The SMILES string of the molecule is CCn1cc([N+](=O)[O-])c(=O)n(CC(CS)C(C)(C)C)c1=O. The monoisotopic (exact) mass is 315 g/mol. The largest absolute Gasteiger partial charge is 0.350 e. The number of rotatable bonds is 5. The Morgan fingerprint density at radius 3 is 2.33 bits per heavy atom. The summed E-state index contributed by atoms with van der Waals surface area (Å²) in [5.41, 5.74) is -2.13. The molecule has 0 bridgehead atoms. The van der Waals surface area contributed by atoms with Crippen molar-refractivity contribution in [1.82, 2.24) is 9.13 Å². The van der Waals surface area contributed by atoms with Gasteiger partial charge in [-0.2, -0.15) is 12.6 Å². The van der Waals surface area contributed by atoms with Crippen molar-refractivity contribution in [2.24, 2.45) is 11.3 Å². The van der Waals surface area contributed by atoms with Gasteiger partial charge in [0, 0.05) is 13.1 Å². The van der Waals surface area contributed by atoms with Crippen molar-refractivity contribution in [3.63, 3.8) is 0 Å². The fraction of sp³-hybridized carbons (Fsp3) is 0.692. The number of thiol groups is 1. The third-order valence-electron chi connectivity index (χ3n) is 3.60. The second-order valence-corrected chi connectivity index (χ2v) is 6.37. The van der Waals surface area contributed by atoms with Crippen LogP contribution in [0.5, 0.6) is 0 Å². The summed E-state index contributed by atoms with van der Waals surface area (Å²) in [7, 11) is 0. The quantitative estimate of drug-likeness (QED) is 0.507. The summed E-state index contributed by atoms with van der Waals surface area (Å²) in [5, 5.41) is 11.0. The molecule has 0 aliphatic rings. The van der Waals surface area contributed by atoms with Gasteiger partial charge in [0.25, 0.3) is 0 Å². The molecule has 0 aliphatic carbocycles. The van der Waals surface area contributed by atoms with Crippen LogP contribution in [0.25, 0.3) is 0 Å². The maximum absolute atomic E-state index is 12.3. The normalized spacial score (nSPS) is 13.2. The molecule has 0 aromatic carbocycles. The van der Waals surface area contributed by atoms with Crippen LogP contribution in [0.2, 0.25) is 0 Å². The number of aromatic nitrogens is 2. The van der Waals surface area contributed by atoms with Gasteiger partial charge >= 0.3 is 16.9 Å². The van der Waals surface area contributed by atoms with Crippen molar-refractivity contribution in [1.29, 1.82) is 0 Å². The highest BCUT2D eigenvalue weighted by atomic mass is 32.1. The number of nitrogens with zero attached hydrogens (tertiary/aromatic N) is 3. The molecular formula is C13H21N3O4S. The Hall–Kier alpha value is -1.57. The minimum absolute atomic E-state index is 0.0569. The van der Waals surface area contributed by atoms with Crippen LogP contribution < -0.4 is 11.2 Å². The standard InChI is InChI=1S/C13H21N3O4S/c1-5-14-7-10(16(19)20)11(17)15(12(14)18)6-9(8-21)13(2,3)4/h7,9,21H,5-6,8H2,1-4H3. The maximum atomic E-state index is 12.3. The number of aryl methyl sites for hydroxylation is 1.